The number of ether oxygens (including phenoxy) is 1. The summed E-state index contributed by atoms with van der Waals surface area (Å²) in [4.78, 5) is 22.0. The second kappa shape index (κ2) is 10.7. The van der Waals surface area contributed by atoms with Gasteiger partial charge in [-0.25, -0.2) is 4.98 Å². The summed E-state index contributed by atoms with van der Waals surface area (Å²) < 4.78 is 20.3. The molecular weight excluding hydrogens is 483 g/mol. The number of hydrogen-bond acceptors (Lipinski definition) is 6. The second-order valence-corrected chi connectivity index (χ2v) is 17.5. The molecular formula is C27H39BN4O4Si. The van der Waals surface area contributed by atoms with Crippen LogP contribution in [-0.2, 0) is 27.2 Å². The van der Waals surface area contributed by atoms with E-state index >= 15 is 0 Å². The van der Waals surface area contributed by atoms with Crippen LogP contribution >= 0.6 is 0 Å². The molecule has 3 aromatic rings. The lowest BCUT2D eigenvalue weighted by Gasteiger charge is -2.32. The van der Waals surface area contributed by atoms with Crippen molar-refractivity contribution in [2.75, 3.05) is 13.2 Å². The number of imidazole rings is 1. The molecule has 0 spiro atoms. The van der Waals surface area contributed by atoms with Gasteiger partial charge in [0.25, 0.3) is 5.91 Å². The summed E-state index contributed by atoms with van der Waals surface area (Å²) in [6.45, 7) is 16.5. The molecule has 2 aromatic heterocycles. The highest BCUT2D eigenvalue weighted by Gasteiger charge is 2.51. The van der Waals surface area contributed by atoms with E-state index in [1.807, 2.05) is 62.6 Å². The second-order valence-electron chi connectivity index (χ2n) is 11.9. The number of nitrogens with one attached hydrogen (secondary N) is 1. The molecule has 10 heteroatoms. The van der Waals surface area contributed by atoms with Gasteiger partial charge in [0.05, 0.1) is 22.2 Å². The third kappa shape index (κ3) is 6.49. The molecule has 0 saturated carbocycles. The van der Waals surface area contributed by atoms with E-state index in [1.54, 1.807) is 12.4 Å². The van der Waals surface area contributed by atoms with Gasteiger partial charge in [-0.1, -0.05) is 25.7 Å². The molecule has 198 valence electrons. The van der Waals surface area contributed by atoms with Gasteiger partial charge in [0.2, 0.25) is 5.82 Å². The summed E-state index contributed by atoms with van der Waals surface area (Å²) in [5.41, 5.74) is 2.67. The molecule has 0 atom stereocenters. The van der Waals surface area contributed by atoms with Gasteiger partial charge >= 0.3 is 7.12 Å². The largest absolute Gasteiger partial charge is 0.494 e. The topological polar surface area (TPSA) is 87.5 Å². The highest BCUT2D eigenvalue weighted by atomic mass is 28.3. The number of pyridine rings is 1. The zero-order chi connectivity index (χ0) is 26.8. The quantitative estimate of drug-likeness (QED) is 0.320. The van der Waals surface area contributed by atoms with Crippen molar-refractivity contribution < 1.29 is 18.8 Å². The summed E-state index contributed by atoms with van der Waals surface area (Å²) in [5.74, 6) is 0.111. The standard InChI is InChI=1S/C27H39BN4O4Si/c1-26(2)27(3,4)36-28(35-26)21-8-9-23-22(18-21)31-24(32(23)19-34-16-17-37(5,6)7)25(33)30-15-12-20-10-13-29-14-11-20/h8-11,13-14,18H,12,15-17,19H2,1-7H3,(H,30,33). The van der Waals surface area contributed by atoms with Gasteiger partial charge in [-0.15, -0.1) is 0 Å². The van der Waals surface area contributed by atoms with Gasteiger partial charge in [0.15, 0.2) is 0 Å². The molecule has 0 unspecified atom stereocenters. The van der Waals surface area contributed by atoms with E-state index in [9.17, 15) is 4.79 Å². The lowest BCUT2D eigenvalue weighted by Crippen LogP contribution is -2.41. The first-order valence-corrected chi connectivity index (χ1v) is 16.7. The number of nitrogens with zero attached hydrogens (tertiary/aromatic N) is 3. The van der Waals surface area contributed by atoms with Crippen LogP contribution in [0.4, 0.5) is 0 Å². The maximum Gasteiger partial charge on any atom is 0.494 e. The van der Waals surface area contributed by atoms with Crippen molar-refractivity contribution in [3.63, 3.8) is 0 Å². The van der Waals surface area contributed by atoms with Crippen molar-refractivity contribution >= 4 is 37.6 Å². The molecule has 0 aliphatic carbocycles. The molecule has 8 nitrogen and oxygen atoms in total. The van der Waals surface area contributed by atoms with Crippen LogP contribution in [0.1, 0.15) is 43.9 Å². The van der Waals surface area contributed by atoms with Gasteiger partial charge in [-0.05, 0) is 75.5 Å². The Bertz CT molecular complexity index is 1220. The summed E-state index contributed by atoms with van der Waals surface area (Å²) in [5, 5.41) is 3.01. The van der Waals surface area contributed by atoms with Gasteiger partial charge in [0.1, 0.15) is 6.73 Å². The van der Waals surface area contributed by atoms with E-state index in [4.69, 9.17) is 19.0 Å². The minimum absolute atomic E-state index is 0.226. The Hall–Kier alpha value is -2.53. The van der Waals surface area contributed by atoms with E-state index in [2.05, 4.69) is 29.9 Å². The lowest BCUT2D eigenvalue weighted by atomic mass is 9.79. The predicted molar refractivity (Wildman–Crippen MR) is 150 cm³/mol. The lowest BCUT2D eigenvalue weighted by molar-refractivity contribution is 0.00578. The number of carbonyl (C=O) groups excluding carboxylic acids is 1. The molecule has 1 saturated heterocycles. The first-order valence-electron chi connectivity index (χ1n) is 13.0. The van der Waals surface area contributed by atoms with Gasteiger partial charge in [-0.3, -0.25) is 14.3 Å². The van der Waals surface area contributed by atoms with Crippen LogP contribution < -0.4 is 10.8 Å². The number of fused-ring (bicyclic) bond motifs is 1. The first kappa shape index (κ1) is 27.5. The van der Waals surface area contributed by atoms with E-state index in [-0.39, 0.29) is 12.6 Å². The number of carbonyl (C=O) groups is 1. The molecule has 1 N–H and O–H groups in total. The molecule has 1 amide bonds. The SMILES string of the molecule is CC1(C)OB(c2ccc3c(c2)nc(C(=O)NCCc2ccncc2)n3COCC[Si](C)(C)C)OC1(C)C. The normalized spacial score (nSPS) is 16.9. The number of aromatic nitrogens is 3. The van der Waals surface area contributed by atoms with Crippen molar-refractivity contribution in [3.05, 3.63) is 54.1 Å². The van der Waals surface area contributed by atoms with Gasteiger partial charge in [-0.2, -0.15) is 0 Å². The fourth-order valence-corrected chi connectivity index (χ4v) is 4.82. The third-order valence-electron chi connectivity index (χ3n) is 7.17. The number of hydrogen-bond donors (Lipinski definition) is 1. The maximum absolute atomic E-state index is 13.2. The van der Waals surface area contributed by atoms with E-state index in [0.717, 1.165) is 22.6 Å². The minimum atomic E-state index is -1.23. The average Bonchev–Trinajstić information content (AvgIpc) is 3.29. The van der Waals surface area contributed by atoms with Crippen LogP contribution in [0, 0.1) is 0 Å². The number of benzene rings is 1. The minimum Gasteiger partial charge on any atom is -0.399 e. The molecule has 1 aliphatic rings. The van der Waals surface area contributed by atoms with Crippen molar-refractivity contribution in [2.24, 2.45) is 0 Å². The Morgan fingerprint density at radius 2 is 1.76 bits per heavy atom. The van der Waals surface area contributed by atoms with Crippen LogP contribution in [0.15, 0.2) is 42.7 Å². The smallest absolute Gasteiger partial charge is 0.399 e. The molecule has 1 aliphatic heterocycles. The number of rotatable bonds is 10. The van der Waals surface area contributed by atoms with Crippen molar-refractivity contribution in [3.8, 4) is 0 Å². The number of amides is 1. The highest BCUT2D eigenvalue weighted by molar-refractivity contribution is 6.76. The zero-order valence-corrected chi connectivity index (χ0v) is 24.1. The maximum atomic E-state index is 13.2. The van der Waals surface area contributed by atoms with Crippen molar-refractivity contribution in [2.45, 2.75) is 77.7 Å². The first-order chi connectivity index (χ1) is 17.4. The molecule has 1 aromatic carbocycles. The summed E-state index contributed by atoms with van der Waals surface area (Å²) in [7, 11) is -1.72. The predicted octanol–water partition coefficient (Wildman–Crippen LogP) is 4.02. The highest BCUT2D eigenvalue weighted by Crippen LogP contribution is 2.36. The van der Waals surface area contributed by atoms with Crippen LogP contribution in [0.3, 0.4) is 0 Å². The average molecular weight is 523 g/mol. The van der Waals surface area contributed by atoms with Gasteiger partial charge < -0.3 is 19.4 Å². The summed E-state index contributed by atoms with van der Waals surface area (Å²) in [6.07, 6.45) is 4.23. The fraction of sp³-hybridized carbons (Fsp3) is 0.519. The third-order valence-corrected chi connectivity index (χ3v) is 8.87. The Labute approximate surface area is 221 Å². The Balaban J connectivity index is 1.56. The van der Waals surface area contributed by atoms with Crippen LogP contribution in [-0.4, -0.2) is 60.0 Å². The molecule has 4 rings (SSSR count). The van der Waals surface area contributed by atoms with E-state index < -0.39 is 26.4 Å². The van der Waals surface area contributed by atoms with E-state index in [0.29, 0.717) is 30.9 Å². The molecule has 3 heterocycles. The molecule has 0 radical (unpaired) electrons. The Morgan fingerprint density at radius 3 is 2.41 bits per heavy atom. The fourth-order valence-electron chi connectivity index (χ4n) is 4.06. The van der Waals surface area contributed by atoms with Crippen LogP contribution in [0.5, 0.6) is 0 Å². The molecule has 0 bridgehead atoms. The van der Waals surface area contributed by atoms with Crippen LogP contribution in [0.25, 0.3) is 11.0 Å². The Morgan fingerprint density at radius 1 is 1.08 bits per heavy atom. The zero-order valence-electron chi connectivity index (χ0n) is 23.1. The Kier molecular flexibility index (Phi) is 7.94. The van der Waals surface area contributed by atoms with Crippen molar-refractivity contribution in [1.29, 1.82) is 0 Å². The van der Waals surface area contributed by atoms with Gasteiger partial charge in [0, 0.05) is 33.6 Å². The summed E-state index contributed by atoms with van der Waals surface area (Å²) >= 11 is 0. The van der Waals surface area contributed by atoms with Crippen LogP contribution in [0.2, 0.25) is 25.7 Å². The van der Waals surface area contributed by atoms with E-state index in [1.165, 1.54) is 0 Å². The summed E-state index contributed by atoms with van der Waals surface area (Å²) in [6, 6.07) is 10.9. The monoisotopic (exact) mass is 522 g/mol. The van der Waals surface area contributed by atoms with Crippen molar-refractivity contribution in [1.82, 2.24) is 19.9 Å². The molecule has 1 fully saturated rings. The molecule has 37 heavy (non-hydrogen) atoms.